The van der Waals surface area contributed by atoms with E-state index in [0.717, 1.165) is 17.7 Å². The second kappa shape index (κ2) is 7.82. The maximum Gasteiger partial charge on any atom is 0.256 e. The van der Waals surface area contributed by atoms with Crippen molar-refractivity contribution in [2.24, 2.45) is 0 Å². The molecule has 142 valence electrons. The molecular formula is C20H19F3N2O2. The molecular weight excluding hydrogens is 357 g/mol. The lowest BCUT2D eigenvalue weighted by Crippen LogP contribution is -2.46. The van der Waals surface area contributed by atoms with Crippen molar-refractivity contribution in [2.45, 2.75) is 25.8 Å². The Bertz CT molecular complexity index is 878. The van der Waals surface area contributed by atoms with Crippen LogP contribution in [0.3, 0.4) is 0 Å². The molecule has 1 N–H and O–H groups in total. The number of piperidine rings is 1. The van der Waals surface area contributed by atoms with E-state index in [4.69, 9.17) is 0 Å². The van der Waals surface area contributed by atoms with E-state index in [2.05, 4.69) is 5.32 Å². The highest BCUT2D eigenvalue weighted by Crippen LogP contribution is 2.20. The second-order valence-electron chi connectivity index (χ2n) is 6.63. The lowest BCUT2D eigenvalue weighted by molar-refractivity contribution is 0.0692. The number of aryl methyl sites for hydroxylation is 1. The molecule has 1 aliphatic rings. The summed E-state index contributed by atoms with van der Waals surface area (Å²) in [4.78, 5) is 26.1. The zero-order valence-corrected chi connectivity index (χ0v) is 14.8. The summed E-state index contributed by atoms with van der Waals surface area (Å²) in [5.41, 5.74) is 1.06. The molecule has 4 nitrogen and oxygen atoms in total. The number of nitrogens with zero attached hydrogens (tertiary/aromatic N) is 1. The van der Waals surface area contributed by atoms with E-state index in [9.17, 15) is 22.8 Å². The van der Waals surface area contributed by atoms with E-state index in [0.29, 0.717) is 18.4 Å². The van der Waals surface area contributed by atoms with Gasteiger partial charge in [0.2, 0.25) is 0 Å². The minimum atomic E-state index is -1.65. The van der Waals surface area contributed by atoms with Gasteiger partial charge >= 0.3 is 0 Å². The van der Waals surface area contributed by atoms with Crippen molar-refractivity contribution in [3.63, 3.8) is 0 Å². The fourth-order valence-corrected chi connectivity index (χ4v) is 3.14. The third-order valence-electron chi connectivity index (χ3n) is 4.66. The Morgan fingerprint density at radius 3 is 2.41 bits per heavy atom. The van der Waals surface area contributed by atoms with Crippen LogP contribution in [0.5, 0.6) is 0 Å². The van der Waals surface area contributed by atoms with Gasteiger partial charge in [-0.2, -0.15) is 0 Å². The Kier molecular flexibility index (Phi) is 5.48. The number of halogens is 3. The summed E-state index contributed by atoms with van der Waals surface area (Å²) in [6.45, 7) is 2.48. The Morgan fingerprint density at radius 2 is 1.74 bits per heavy atom. The van der Waals surface area contributed by atoms with E-state index in [-0.39, 0.29) is 25.0 Å². The highest BCUT2D eigenvalue weighted by atomic mass is 19.2. The van der Waals surface area contributed by atoms with Crippen LogP contribution in [0.25, 0.3) is 0 Å². The molecule has 2 aromatic carbocycles. The maximum absolute atomic E-state index is 13.8. The first-order valence-electron chi connectivity index (χ1n) is 8.67. The normalized spacial score (nSPS) is 14.9. The number of hydrogen-bond donors (Lipinski definition) is 1. The first kappa shape index (κ1) is 18.9. The number of rotatable bonds is 3. The average Bonchev–Trinajstić information content (AvgIpc) is 2.66. The molecule has 1 aliphatic heterocycles. The van der Waals surface area contributed by atoms with E-state index in [1.165, 1.54) is 4.90 Å². The minimum absolute atomic E-state index is 0.114. The van der Waals surface area contributed by atoms with Gasteiger partial charge in [0, 0.05) is 24.7 Å². The monoisotopic (exact) mass is 376 g/mol. The molecule has 0 atom stereocenters. The highest BCUT2D eigenvalue weighted by molar-refractivity contribution is 5.95. The average molecular weight is 376 g/mol. The smallest absolute Gasteiger partial charge is 0.256 e. The van der Waals surface area contributed by atoms with Crippen LogP contribution >= 0.6 is 0 Å². The summed E-state index contributed by atoms with van der Waals surface area (Å²) in [5, 5.41) is 2.93. The quantitative estimate of drug-likeness (QED) is 0.835. The highest BCUT2D eigenvalue weighted by Gasteiger charge is 2.28. The van der Waals surface area contributed by atoms with Crippen LogP contribution in [0.15, 0.2) is 36.4 Å². The van der Waals surface area contributed by atoms with E-state index in [1.807, 2.05) is 19.1 Å². The third-order valence-corrected chi connectivity index (χ3v) is 4.66. The Labute approximate surface area is 155 Å². The van der Waals surface area contributed by atoms with Gasteiger partial charge in [-0.1, -0.05) is 17.7 Å². The largest absolute Gasteiger partial charge is 0.349 e. The molecule has 0 radical (unpaired) electrons. The van der Waals surface area contributed by atoms with Gasteiger partial charge in [0.15, 0.2) is 17.5 Å². The molecule has 0 saturated carbocycles. The second-order valence-corrected chi connectivity index (χ2v) is 6.63. The predicted octanol–water partition coefficient (Wildman–Crippen LogP) is 3.45. The van der Waals surface area contributed by atoms with Gasteiger partial charge in [0.05, 0.1) is 5.56 Å². The van der Waals surface area contributed by atoms with Crippen molar-refractivity contribution >= 4 is 11.8 Å². The summed E-state index contributed by atoms with van der Waals surface area (Å²) in [7, 11) is 0. The summed E-state index contributed by atoms with van der Waals surface area (Å²) >= 11 is 0. The molecule has 7 heteroatoms. The Hall–Kier alpha value is -2.83. The van der Waals surface area contributed by atoms with Gasteiger partial charge in [-0.05, 0) is 44.0 Å². The maximum atomic E-state index is 13.8. The van der Waals surface area contributed by atoms with Crippen LogP contribution in [-0.4, -0.2) is 35.8 Å². The number of carbonyl (C=O) groups excluding carboxylic acids is 2. The van der Waals surface area contributed by atoms with Crippen molar-refractivity contribution < 1.29 is 22.8 Å². The van der Waals surface area contributed by atoms with Crippen molar-refractivity contribution in [1.82, 2.24) is 10.2 Å². The fourth-order valence-electron chi connectivity index (χ4n) is 3.14. The molecule has 1 fully saturated rings. The van der Waals surface area contributed by atoms with Crippen molar-refractivity contribution in [1.29, 1.82) is 0 Å². The van der Waals surface area contributed by atoms with Gasteiger partial charge in [0.1, 0.15) is 0 Å². The summed E-state index contributed by atoms with van der Waals surface area (Å²) < 4.78 is 40.2. The molecule has 0 aromatic heterocycles. The van der Waals surface area contributed by atoms with Crippen LogP contribution in [0, 0.1) is 24.4 Å². The standard InChI is InChI=1S/C20H19F3N2O2/c1-12-3-2-4-13(11-12)19(26)24-14-7-9-25(10-8-14)20(27)15-5-6-16(21)18(23)17(15)22/h2-6,11,14H,7-10H2,1H3,(H,24,26). The van der Waals surface area contributed by atoms with Crippen LogP contribution in [0.1, 0.15) is 39.1 Å². The van der Waals surface area contributed by atoms with Crippen molar-refractivity contribution in [3.05, 3.63) is 70.5 Å². The minimum Gasteiger partial charge on any atom is -0.349 e. The topological polar surface area (TPSA) is 49.4 Å². The number of amides is 2. The molecule has 1 heterocycles. The van der Waals surface area contributed by atoms with Gasteiger partial charge in [-0.15, -0.1) is 0 Å². The molecule has 2 aromatic rings. The predicted molar refractivity (Wildman–Crippen MR) is 93.9 cm³/mol. The SMILES string of the molecule is Cc1cccc(C(=O)NC2CCN(C(=O)c3ccc(F)c(F)c3F)CC2)c1. The number of hydrogen-bond acceptors (Lipinski definition) is 2. The van der Waals surface area contributed by atoms with Crippen LogP contribution in [0.4, 0.5) is 13.2 Å². The van der Waals surface area contributed by atoms with Crippen molar-refractivity contribution in [3.8, 4) is 0 Å². The zero-order valence-electron chi connectivity index (χ0n) is 14.8. The lowest BCUT2D eigenvalue weighted by Gasteiger charge is -2.32. The number of nitrogens with one attached hydrogen (secondary N) is 1. The van der Waals surface area contributed by atoms with Gasteiger partial charge in [-0.25, -0.2) is 13.2 Å². The summed E-state index contributed by atoms with van der Waals surface area (Å²) in [6, 6.07) is 8.80. The van der Waals surface area contributed by atoms with Crippen LogP contribution in [0.2, 0.25) is 0 Å². The number of benzene rings is 2. The summed E-state index contributed by atoms with van der Waals surface area (Å²) in [5.74, 6) is -5.33. The van der Waals surface area contributed by atoms with E-state index in [1.54, 1.807) is 12.1 Å². The third kappa shape index (κ3) is 4.13. The summed E-state index contributed by atoms with van der Waals surface area (Å²) in [6.07, 6.45) is 0.989. The molecule has 2 amide bonds. The molecule has 3 rings (SSSR count). The van der Waals surface area contributed by atoms with Crippen LogP contribution < -0.4 is 5.32 Å². The lowest BCUT2D eigenvalue weighted by atomic mass is 10.0. The molecule has 0 bridgehead atoms. The van der Waals surface area contributed by atoms with E-state index >= 15 is 0 Å². The first-order chi connectivity index (χ1) is 12.9. The number of carbonyl (C=O) groups is 2. The van der Waals surface area contributed by atoms with Gasteiger partial charge < -0.3 is 10.2 Å². The molecule has 0 aliphatic carbocycles. The zero-order chi connectivity index (χ0) is 19.6. The van der Waals surface area contributed by atoms with Crippen molar-refractivity contribution in [2.75, 3.05) is 13.1 Å². The molecule has 0 unspecified atom stereocenters. The van der Waals surface area contributed by atoms with Crippen LogP contribution in [-0.2, 0) is 0 Å². The van der Waals surface area contributed by atoms with E-state index < -0.39 is 28.9 Å². The first-order valence-corrected chi connectivity index (χ1v) is 8.67. The van der Waals surface area contributed by atoms with Gasteiger partial charge in [0.25, 0.3) is 11.8 Å². The Balaban J connectivity index is 1.59. The Morgan fingerprint density at radius 1 is 1.04 bits per heavy atom. The van der Waals surface area contributed by atoms with Gasteiger partial charge in [-0.3, -0.25) is 9.59 Å². The molecule has 0 spiro atoms. The molecule has 1 saturated heterocycles. The number of likely N-dealkylation sites (tertiary alicyclic amines) is 1. The molecule has 27 heavy (non-hydrogen) atoms. The fraction of sp³-hybridized carbons (Fsp3) is 0.300.